The summed E-state index contributed by atoms with van der Waals surface area (Å²) in [6.45, 7) is 0.248. The molecule has 1 fully saturated rings. The minimum atomic E-state index is -0.634. The predicted molar refractivity (Wildman–Crippen MR) is 105 cm³/mol. The number of hydrogen-bond acceptors (Lipinski definition) is 4. The van der Waals surface area contributed by atoms with Crippen molar-refractivity contribution in [2.75, 3.05) is 0 Å². The minimum Gasteiger partial charge on any atom is -0.489 e. The second-order valence-electron chi connectivity index (χ2n) is 6.87. The maximum atomic E-state index is 13.0. The Bertz CT molecular complexity index is 826. The lowest BCUT2D eigenvalue weighted by atomic mass is 9.97. The first-order valence-corrected chi connectivity index (χ1v) is 9.89. The number of aliphatic hydroxyl groups excluding tert-OH is 1. The lowest BCUT2D eigenvalue weighted by Gasteiger charge is -2.26. The van der Waals surface area contributed by atoms with Gasteiger partial charge in [-0.15, -0.1) is 0 Å². The molecular formula is C21H21Cl2FO4. The second-order valence-corrected chi connectivity index (χ2v) is 7.71. The Morgan fingerprint density at radius 1 is 1.21 bits per heavy atom. The lowest BCUT2D eigenvalue weighted by Crippen LogP contribution is -2.32. The number of cyclic esters (lactones) is 1. The zero-order valence-corrected chi connectivity index (χ0v) is 16.7. The van der Waals surface area contributed by atoms with Crippen LogP contribution in [0.2, 0.25) is 10.0 Å². The normalized spacial score (nSPS) is 19.4. The summed E-state index contributed by atoms with van der Waals surface area (Å²) in [5, 5.41) is 10.8. The smallest absolute Gasteiger partial charge is 0.308 e. The van der Waals surface area contributed by atoms with Gasteiger partial charge in [0, 0.05) is 16.5 Å². The van der Waals surface area contributed by atoms with Crippen LogP contribution in [-0.2, 0) is 22.6 Å². The van der Waals surface area contributed by atoms with Gasteiger partial charge in [0.25, 0.3) is 0 Å². The van der Waals surface area contributed by atoms with Gasteiger partial charge < -0.3 is 14.6 Å². The monoisotopic (exact) mass is 426 g/mol. The van der Waals surface area contributed by atoms with Crippen LogP contribution in [0.4, 0.5) is 4.39 Å². The first-order chi connectivity index (χ1) is 13.4. The maximum absolute atomic E-state index is 13.0. The second kappa shape index (κ2) is 9.59. The topological polar surface area (TPSA) is 55.8 Å². The van der Waals surface area contributed by atoms with Crippen LogP contribution >= 0.6 is 23.2 Å². The molecule has 0 bridgehead atoms. The fourth-order valence-corrected chi connectivity index (χ4v) is 3.93. The van der Waals surface area contributed by atoms with E-state index < -0.39 is 6.10 Å². The molecule has 0 amide bonds. The standard InChI is InChI=1S/C21H21Cl2FO4/c22-14-8-13(12-27-17-6-4-15(24)5-7-17)19(20(23)9-14)3-1-2-18-10-16(25)11-21(26)28-18/h4-9,16,18,25H,1-3,10-12H2/t16-,18-/m1/s1. The highest BCUT2D eigenvalue weighted by molar-refractivity contribution is 6.35. The fourth-order valence-electron chi connectivity index (χ4n) is 3.30. The number of rotatable bonds is 7. The molecule has 1 N–H and O–H groups in total. The Kier molecular flexibility index (Phi) is 7.16. The molecule has 0 saturated carbocycles. The van der Waals surface area contributed by atoms with Crippen LogP contribution in [0, 0.1) is 5.82 Å². The molecule has 0 aliphatic carbocycles. The van der Waals surface area contributed by atoms with Crippen LogP contribution < -0.4 is 4.74 Å². The molecule has 1 aliphatic rings. The van der Waals surface area contributed by atoms with E-state index in [0.29, 0.717) is 35.1 Å². The van der Waals surface area contributed by atoms with E-state index in [4.69, 9.17) is 32.7 Å². The first-order valence-electron chi connectivity index (χ1n) is 9.13. The van der Waals surface area contributed by atoms with Gasteiger partial charge >= 0.3 is 5.97 Å². The molecule has 4 nitrogen and oxygen atoms in total. The van der Waals surface area contributed by atoms with Crippen molar-refractivity contribution in [1.82, 2.24) is 0 Å². The quantitative estimate of drug-likeness (QED) is 0.625. The molecule has 1 heterocycles. The Morgan fingerprint density at radius 3 is 2.68 bits per heavy atom. The molecule has 2 atom stereocenters. The van der Waals surface area contributed by atoms with Crippen LogP contribution in [0.3, 0.4) is 0 Å². The van der Waals surface area contributed by atoms with Crippen molar-refractivity contribution in [3.8, 4) is 5.75 Å². The van der Waals surface area contributed by atoms with Crippen molar-refractivity contribution < 1.29 is 23.8 Å². The summed E-state index contributed by atoms with van der Waals surface area (Å²) in [6, 6.07) is 9.27. The average molecular weight is 427 g/mol. The highest BCUT2D eigenvalue weighted by atomic mass is 35.5. The number of carbonyl (C=O) groups excluding carboxylic acids is 1. The molecule has 0 unspecified atom stereocenters. The SMILES string of the molecule is O=C1C[C@H](O)C[C@@H](CCCc2c(Cl)cc(Cl)cc2COc2ccc(F)cc2)O1. The maximum Gasteiger partial charge on any atom is 0.308 e. The number of esters is 1. The number of carbonyl (C=O) groups is 1. The third-order valence-electron chi connectivity index (χ3n) is 4.65. The van der Waals surface area contributed by atoms with E-state index >= 15 is 0 Å². The van der Waals surface area contributed by atoms with Gasteiger partial charge in [-0.3, -0.25) is 4.79 Å². The summed E-state index contributed by atoms with van der Waals surface area (Å²) < 4.78 is 24.0. The summed E-state index contributed by atoms with van der Waals surface area (Å²) in [4.78, 5) is 11.4. The zero-order valence-electron chi connectivity index (χ0n) is 15.2. The lowest BCUT2D eigenvalue weighted by molar-refractivity contribution is -0.160. The van der Waals surface area contributed by atoms with E-state index in [1.807, 2.05) is 0 Å². The molecule has 0 spiro atoms. The van der Waals surface area contributed by atoms with Gasteiger partial charge in [-0.05, 0) is 66.8 Å². The zero-order chi connectivity index (χ0) is 20.1. The van der Waals surface area contributed by atoms with Gasteiger partial charge in [-0.2, -0.15) is 0 Å². The van der Waals surface area contributed by atoms with E-state index in [1.165, 1.54) is 12.1 Å². The summed E-state index contributed by atoms with van der Waals surface area (Å²) in [6.07, 6.45) is 1.63. The summed E-state index contributed by atoms with van der Waals surface area (Å²) in [7, 11) is 0. The van der Waals surface area contributed by atoms with E-state index in [1.54, 1.807) is 24.3 Å². The van der Waals surface area contributed by atoms with Gasteiger partial charge in [0.2, 0.25) is 0 Å². The number of ether oxygens (including phenoxy) is 2. The van der Waals surface area contributed by atoms with Crippen molar-refractivity contribution in [1.29, 1.82) is 0 Å². The molecule has 2 aromatic carbocycles. The van der Waals surface area contributed by atoms with Crippen molar-refractivity contribution >= 4 is 29.2 Å². The van der Waals surface area contributed by atoms with E-state index in [2.05, 4.69) is 0 Å². The molecule has 7 heteroatoms. The van der Waals surface area contributed by atoms with Crippen molar-refractivity contribution in [3.05, 3.63) is 63.4 Å². The van der Waals surface area contributed by atoms with Crippen LogP contribution in [0.1, 0.15) is 36.8 Å². The summed E-state index contributed by atoms with van der Waals surface area (Å²) in [5.41, 5.74) is 1.76. The summed E-state index contributed by atoms with van der Waals surface area (Å²) >= 11 is 12.5. The van der Waals surface area contributed by atoms with Crippen LogP contribution in [0.5, 0.6) is 5.75 Å². The molecule has 150 valence electrons. The Hall–Kier alpha value is -1.82. The predicted octanol–water partition coefficient (Wildman–Crippen LogP) is 5.10. The highest BCUT2D eigenvalue weighted by Gasteiger charge is 2.26. The third kappa shape index (κ3) is 5.84. The van der Waals surface area contributed by atoms with Gasteiger partial charge in [-0.25, -0.2) is 4.39 Å². The highest BCUT2D eigenvalue weighted by Crippen LogP contribution is 2.29. The van der Waals surface area contributed by atoms with Crippen molar-refractivity contribution in [2.24, 2.45) is 0 Å². The van der Waals surface area contributed by atoms with Crippen LogP contribution in [-0.4, -0.2) is 23.3 Å². The molecule has 1 aliphatic heterocycles. The summed E-state index contributed by atoms with van der Waals surface area (Å²) in [5.74, 6) is -0.138. The number of benzene rings is 2. The Balaban J connectivity index is 1.63. The fraction of sp³-hybridized carbons (Fsp3) is 0.381. The molecule has 3 rings (SSSR count). The van der Waals surface area contributed by atoms with Gasteiger partial charge in [0.05, 0.1) is 12.5 Å². The van der Waals surface area contributed by atoms with Crippen molar-refractivity contribution in [2.45, 2.75) is 50.9 Å². The van der Waals surface area contributed by atoms with E-state index in [0.717, 1.165) is 17.5 Å². The molecule has 0 radical (unpaired) electrons. The molecule has 1 saturated heterocycles. The van der Waals surface area contributed by atoms with Gasteiger partial charge in [0.15, 0.2) is 0 Å². The van der Waals surface area contributed by atoms with Crippen LogP contribution in [0.25, 0.3) is 0 Å². The number of halogens is 3. The molecule has 0 aromatic heterocycles. The van der Waals surface area contributed by atoms with Gasteiger partial charge in [0.1, 0.15) is 24.3 Å². The number of aliphatic hydroxyl groups is 1. The number of hydrogen-bond donors (Lipinski definition) is 1. The van der Waals surface area contributed by atoms with Crippen LogP contribution in [0.15, 0.2) is 36.4 Å². The van der Waals surface area contributed by atoms with Crippen molar-refractivity contribution in [3.63, 3.8) is 0 Å². The largest absolute Gasteiger partial charge is 0.489 e. The Morgan fingerprint density at radius 2 is 1.96 bits per heavy atom. The van der Waals surface area contributed by atoms with E-state index in [9.17, 15) is 14.3 Å². The molecule has 28 heavy (non-hydrogen) atoms. The third-order valence-corrected chi connectivity index (χ3v) is 5.20. The molecular weight excluding hydrogens is 406 g/mol. The van der Waals surface area contributed by atoms with E-state index in [-0.39, 0.29) is 30.9 Å². The molecule has 2 aromatic rings. The average Bonchev–Trinajstić information content (AvgIpc) is 2.62. The first kappa shape index (κ1) is 20.9. The minimum absolute atomic E-state index is 0.0599. The Labute approximate surface area is 173 Å². The van der Waals surface area contributed by atoms with Gasteiger partial charge in [-0.1, -0.05) is 23.2 Å².